The van der Waals surface area contributed by atoms with Crippen LogP contribution in [0.15, 0.2) is 29.4 Å². The Kier molecular flexibility index (Phi) is 5.15. The second kappa shape index (κ2) is 6.93. The van der Waals surface area contributed by atoms with E-state index in [-0.39, 0.29) is 23.6 Å². The number of esters is 1. The van der Waals surface area contributed by atoms with Crippen LogP contribution in [0.3, 0.4) is 0 Å². The van der Waals surface area contributed by atoms with E-state index in [0.29, 0.717) is 11.3 Å². The third-order valence-electron chi connectivity index (χ3n) is 3.14. The van der Waals surface area contributed by atoms with Crippen molar-refractivity contribution in [2.24, 2.45) is 0 Å². The quantitative estimate of drug-likeness (QED) is 0.493. The van der Waals surface area contributed by atoms with E-state index in [0.717, 1.165) is 0 Å². The molecule has 1 aromatic heterocycles. The van der Waals surface area contributed by atoms with E-state index >= 15 is 0 Å². The van der Waals surface area contributed by atoms with Crippen molar-refractivity contribution in [3.63, 3.8) is 0 Å². The molecule has 0 amide bonds. The van der Waals surface area contributed by atoms with Crippen molar-refractivity contribution in [3.8, 4) is 17.0 Å². The Balaban J connectivity index is 2.72. The van der Waals surface area contributed by atoms with Crippen molar-refractivity contribution in [3.05, 3.63) is 35.5 Å². The van der Waals surface area contributed by atoms with Gasteiger partial charge in [-0.15, -0.1) is 0 Å². The number of carbonyl (C=O) groups is 1. The summed E-state index contributed by atoms with van der Waals surface area (Å²) in [5, 5.41) is -0.779. The summed E-state index contributed by atoms with van der Waals surface area (Å²) in [5.74, 6) is -0.0973. The minimum absolute atomic E-state index is 0.0365. The average molecular weight is 352 g/mol. The summed E-state index contributed by atoms with van der Waals surface area (Å²) in [6.45, 7) is 3.23. The molecular formula is C15H16N2O6S. The number of aryl methyl sites for hydroxylation is 1. The number of methoxy groups -OCH3 is 1. The zero-order chi connectivity index (χ0) is 17.9. The van der Waals surface area contributed by atoms with Gasteiger partial charge < -0.3 is 9.47 Å². The molecule has 128 valence electrons. The lowest BCUT2D eigenvalue weighted by molar-refractivity contribution is 0.0525. The Morgan fingerprint density at radius 1 is 1.21 bits per heavy atom. The minimum Gasteiger partial charge on any atom is -0.497 e. The highest BCUT2D eigenvalue weighted by atomic mass is 32.2. The van der Waals surface area contributed by atoms with Crippen LogP contribution < -0.4 is 4.74 Å². The maximum atomic E-state index is 12.2. The van der Waals surface area contributed by atoms with Crippen LogP contribution in [0.4, 0.5) is 0 Å². The lowest BCUT2D eigenvalue weighted by Crippen LogP contribution is -2.15. The molecule has 8 nitrogen and oxygen atoms in total. The van der Waals surface area contributed by atoms with Crippen molar-refractivity contribution < 1.29 is 27.2 Å². The summed E-state index contributed by atoms with van der Waals surface area (Å²) in [5.41, 5.74) is 0.627. The number of rotatable bonds is 5. The number of hydrogen-bond acceptors (Lipinski definition) is 7. The number of hydrogen-bond donors (Lipinski definition) is 1. The molecule has 0 atom stereocenters. The van der Waals surface area contributed by atoms with Gasteiger partial charge in [-0.25, -0.2) is 14.8 Å². The molecule has 0 spiro atoms. The molecule has 1 heterocycles. The SMILES string of the molecule is CCOC(=O)c1c(C)nc(S(=O)(=O)O)nc1-c1ccc(OC)cc1. The highest BCUT2D eigenvalue weighted by Gasteiger charge is 2.25. The fourth-order valence-electron chi connectivity index (χ4n) is 2.07. The topological polar surface area (TPSA) is 116 Å². The van der Waals surface area contributed by atoms with Crippen molar-refractivity contribution in [1.82, 2.24) is 9.97 Å². The van der Waals surface area contributed by atoms with Crippen LogP contribution in [0, 0.1) is 6.92 Å². The first kappa shape index (κ1) is 17.8. The summed E-state index contributed by atoms with van der Waals surface area (Å²) in [6.07, 6.45) is 0. The first-order valence-corrected chi connectivity index (χ1v) is 8.39. The lowest BCUT2D eigenvalue weighted by Gasteiger charge is -2.12. The Hall–Kier alpha value is -2.52. The third-order valence-corrected chi connectivity index (χ3v) is 3.79. The van der Waals surface area contributed by atoms with Crippen molar-refractivity contribution in [2.45, 2.75) is 19.0 Å². The van der Waals surface area contributed by atoms with Crippen molar-refractivity contribution >= 4 is 16.1 Å². The normalized spacial score (nSPS) is 11.2. The third kappa shape index (κ3) is 3.69. The largest absolute Gasteiger partial charge is 0.497 e. The Morgan fingerprint density at radius 2 is 1.83 bits per heavy atom. The maximum absolute atomic E-state index is 12.2. The van der Waals surface area contributed by atoms with Gasteiger partial charge >= 0.3 is 16.1 Å². The molecule has 0 aliphatic rings. The summed E-state index contributed by atoms with van der Waals surface area (Å²) < 4.78 is 42.0. The molecule has 0 saturated carbocycles. The molecule has 1 N–H and O–H groups in total. The van der Waals surface area contributed by atoms with Gasteiger partial charge in [-0.05, 0) is 38.1 Å². The van der Waals surface area contributed by atoms with Gasteiger partial charge in [0.1, 0.15) is 11.3 Å². The van der Waals surface area contributed by atoms with Gasteiger partial charge in [0, 0.05) is 5.56 Å². The first-order chi connectivity index (χ1) is 11.3. The Bertz CT molecular complexity index is 862. The van der Waals surface area contributed by atoms with Gasteiger partial charge in [0.05, 0.1) is 25.1 Å². The summed E-state index contributed by atoms with van der Waals surface area (Å²) in [6, 6.07) is 6.48. The zero-order valence-electron chi connectivity index (χ0n) is 13.3. The standard InChI is InChI=1S/C15H16N2O6S/c1-4-23-14(18)12-9(2)16-15(24(19,20)21)17-13(12)10-5-7-11(22-3)8-6-10/h5-8H,4H2,1-3H3,(H,19,20,21). The number of aromatic nitrogens is 2. The average Bonchev–Trinajstić information content (AvgIpc) is 2.53. The lowest BCUT2D eigenvalue weighted by atomic mass is 10.0. The highest BCUT2D eigenvalue weighted by Crippen LogP contribution is 2.27. The van der Waals surface area contributed by atoms with Gasteiger partial charge in [0.25, 0.3) is 5.16 Å². The fourth-order valence-corrected chi connectivity index (χ4v) is 2.53. The summed E-state index contributed by atoms with van der Waals surface area (Å²) in [7, 11) is -3.12. The molecule has 2 rings (SSSR count). The van der Waals surface area contributed by atoms with Crippen LogP contribution in [0.1, 0.15) is 23.0 Å². The van der Waals surface area contributed by atoms with E-state index in [4.69, 9.17) is 9.47 Å². The van der Waals surface area contributed by atoms with E-state index in [1.807, 2.05) is 0 Å². The van der Waals surface area contributed by atoms with E-state index in [2.05, 4.69) is 9.97 Å². The number of benzene rings is 1. The van der Waals surface area contributed by atoms with Crippen LogP contribution in [0.2, 0.25) is 0 Å². The number of nitrogens with zero attached hydrogens (tertiary/aromatic N) is 2. The van der Waals surface area contributed by atoms with Crippen LogP contribution in [-0.2, 0) is 14.9 Å². The molecule has 0 bridgehead atoms. The smallest absolute Gasteiger partial charge is 0.342 e. The minimum atomic E-state index is -4.62. The molecular weight excluding hydrogens is 336 g/mol. The monoisotopic (exact) mass is 352 g/mol. The van der Waals surface area contributed by atoms with E-state index < -0.39 is 21.2 Å². The van der Waals surface area contributed by atoms with Crippen molar-refractivity contribution in [2.75, 3.05) is 13.7 Å². The molecule has 0 radical (unpaired) electrons. The van der Waals surface area contributed by atoms with E-state index in [9.17, 15) is 17.8 Å². The van der Waals surface area contributed by atoms with Gasteiger partial charge in [-0.1, -0.05) is 0 Å². The van der Waals surface area contributed by atoms with Gasteiger partial charge in [0.15, 0.2) is 0 Å². The number of carbonyl (C=O) groups excluding carboxylic acids is 1. The van der Waals surface area contributed by atoms with Crippen LogP contribution in [0.25, 0.3) is 11.3 Å². The Labute approximate surface area is 139 Å². The van der Waals surface area contributed by atoms with Crippen molar-refractivity contribution in [1.29, 1.82) is 0 Å². The second-order valence-corrected chi connectivity index (χ2v) is 6.05. The molecule has 24 heavy (non-hydrogen) atoms. The van der Waals surface area contributed by atoms with E-state index in [1.54, 1.807) is 31.2 Å². The fraction of sp³-hybridized carbons (Fsp3) is 0.267. The first-order valence-electron chi connectivity index (χ1n) is 6.95. The highest BCUT2D eigenvalue weighted by molar-refractivity contribution is 7.85. The maximum Gasteiger partial charge on any atom is 0.342 e. The van der Waals surface area contributed by atoms with Crippen LogP contribution >= 0.6 is 0 Å². The summed E-state index contributed by atoms with van der Waals surface area (Å²) in [4.78, 5) is 19.7. The molecule has 2 aromatic rings. The second-order valence-electron chi connectivity index (χ2n) is 4.74. The molecule has 0 saturated heterocycles. The Morgan fingerprint density at radius 3 is 2.33 bits per heavy atom. The molecule has 0 aliphatic heterocycles. The zero-order valence-corrected chi connectivity index (χ0v) is 14.1. The van der Waals surface area contributed by atoms with Crippen LogP contribution in [-0.4, -0.2) is 42.6 Å². The van der Waals surface area contributed by atoms with Crippen LogP contribution in [0.5, 0.6) is 5.75 Å². The predicted octanol–water partition coefficient (Wildman–Crippen LogP) is 1.88. The number of ether oxygens (including phenoxy) is 2. The molecule has 0 fully saturated rings. The van der Waals surface area contributed by atoms with E-state index in [1.165, 1.54) is 14.0 Å². The van der Waals surface area contributed by atoms with Gasteiger partial charge in [0.2, 0.25) is 0 Å². The molecule has 0 unspecified atom stereocenters. The molecule has 1 aromatic carbocycles. The summed E-state index contributed by atoms with van der Waals surface area (Å²) >= 11 is 0. The van der Waals surface area contributed by atoms with Gasteiger partial charge in [-0.3, -0.25) is 4.55 Å². The van der Waals surface area contributed by atoms with Gasteiger partial charge in [-0.2, -0.15) is 8.42 Å². The molecule has 9 heteroatoms. The predicted molar refractivity (Wildman–Crippen MR) is 84.5 cm³/mol. The molecule has 0 aliphatic carbocycles.